The van der Waals surface area contributed by atoms with Crippen molar-refractivity contribution >= 4 is 0 Å². The number of hydrogen-bond acceptors (Lipinski definition) is 2. The van der Waals surface area contributed by atoms with Crippen molar-refractivity contribution in [3.8, 4) is 0 Å². The lowest BCUT2D eigenvalue weighted by Crippen LogP contribution is -2.10. The summed E-state index contributed by atoms with van der Waals surface area (Å²) in [4.78, 5) is 2.77. The summed E-state index contributed by atoms with van der Waals surface area (Å²) in [6.07, 6.45) is -7.90. The molecule has 15 heavy (non-hydrogen) atoms. The molecule has 84 valence electrons. The maximum atomic E-state index is 12.2. The second kappa shape index (κ2) is 4.09. The van der Waals surface area contributed by atoms with E-state index >= 15 is 0 Å². The van der Waals surface area contributed by atoms with Crippen LogP contribution in [0.4, 0.5) is 22.0 Å². The van der Waals surface area contributed by atoms with Crippen molar-refractivity contribution in [3.63, 3.8) is 0 Å². The zero-order valence-electron chi connectivity index (χ0n) is 7.22. The molecule has 2 nitrogen and oxygen atoms in total. The van der Waals surface area contributed by atoms with Crippen molar-refractivity contribution in [3.05, 3.63) is 29.1 Å². The second-order valence-electron chi connectivity index (χ2n) is 2.74. The molecule has 0 unspecified atom stereocenters. The SMILES string of the molecule is OCc1cc(C(F)F)nc(C(F)(F)F)c1. The van der Waals surface area contributed by atoms with E-state index in [1.165, 1.54) is 0 Å². The van der Waals surface area contributed by atoms with Crippen LogP contribution in [-0.2, 0) is 12.8 Å². The Hall–Kier alpha value is -1.24. The van der Waals surface area contributed by atoms with E-state index in [0.717, 1.165) is 6.07 Å². The van der Waals surface area contributed by atoms with Gasteiger partial charge < -0.3 is 5.11 Å². The van der Waals surface area contributed by atoms with Crippen LogP contribution >= 0.6 is 0 Å². The van der Waals surface area contributed by atoms with E-state index in [0.29, 0.717) is 6.07 Å². The standard InChI is InChI=1S/C8H6F5NO/c9-7(10)5-1-4(3-15)2-6(14-5)8(11,12)13/h1-2,7,15H,3H2. The molecular weight excluding hydrogens is 221 g/mol. The van der Waals surface area contributed by atoms with Gasteiger partial charge in [0.15, 0.2) is 0 Å². The molecule has 0 bridgehead atoms. The summed E-state index contributed by atoms with van der Waals surface area (Å²) in [5.41, 5.74) is -2.66. The van der Waals surface area contributed by atoms with Gasteiger partial charge in [0.2, 0.25) is 0 Å². The van der Waals surface area contributed by atoms with E-state index < -0.39 is 30.6 Å². The fourth-order valence-corrected chi connectivity index (χ4v) is 0.959. The first-order valence-electron chi connectivity index (χ1n) is 3.81. The molecule has 1 aromatic rings. The third kappa shape index (κ3) is 2.85. The molecule has 1 heterocycles. The van der Waals surface area contributed by atoms with Crippen molar-refractivity contribution in [1.29, 1.82) is 0 Å². The fraction of sp³-hybridized carbons (Fsp3) is 0.375. The highest BCUT2D eigenvalue weighted by atomic mass is 19.4. The van der Waals surface area contributed by atoms with E-state index in [1.807, 2.05) is 0 Å². The average Bonchev–Trinajstić information content (AvgIpc) is 2.15. The Morgan fingerprint density at radius 3 is 2.27 bits per heavy atom. The Bertz CT molecular complexity index is 349. The number of nitrogens with zero attached hydrogens (tertiary/aromatic N) is 1. The van der Waals surface area contributed by atoms with E-state index in [-0.39, 0.29) is 5.56 Å². The van der Waals surface area contributed by atoms with Gasteiger partial charge in [-0.25, -0.2) is 13.8 Å². The summed E-state index contributed by atoms with van der Waals surface area (Å²) in [5.74, 6) is 0. The Kier molecular flexibility index (Phi) is 3.23. The van der Waals surface area contributed by atoms with Gasteiger partial charge in [-0.1, -0.05) is 0 Å². The maximum absolute atomic E-state index is 12.2. The van der Waals surface area contributed by atoms with Gasteiger partial charge in [-0.3, -0.25) is 0 Å². The molecule has 0 aliphatic rings. The van der Waals surface area contributed by atoms with Crippen LogP contribution in [0.1, 0.15) is 23.4 Å². The monoisotopic (exact) mass is 227 g/mol. The van der Waals surface area contributed by atoms with Crippen molar-refractivity contribution in [1.82, 2.24) is 4.98 Å². The summed E-state index contributed by atoms with van der Waals surface area (Å²) in [6, 6.07) is 1.27. The molecule has 0 radical (unpaired) electrons. The molecule has 1 rings (SSSR count). The number of rotatable bonds is 2. The molecule has 0 aliphatic heterocycles. The molecule has 1 aromatic heterocycles. The third-order valence-corrected chi connectivity index (χ3v) is 1.60. The molecule has 1 N–H and O–H groups in total. The minimum atomic E-state index is -4.80. The number of halogens is 5. The van der Waals surface area contributed by atoms with Crippen LogP contribution in [0.2, 0.25) is 0 Å². The van der Waals surface area contributed by atoms with E-state index in [4.69, 9.17) is 5.11 Å². The number of aliphatic hydroxyl groups excluding tert-OH is 1. The van der Waals surface area contributed by atoms with Gasteiger partial charge in [0.25, 0.3) is 6.43 Å². The van der Waals surface area contributed by atoms with E-state index in [1.54, 1.807) is 0 Å². The molecule has 0 fully saturated rings. The Balaban J connectivity index is 3.23. The molecule has 7 heteroatoms. The van der Waals surface area contributed by atoms with E-state index in [2.05, 4.69) is 4.98 Å². The van der Waals surface area contributed by atoms with Crippen LogP contribution in [0.5, 0.6) is 0 Å². The van der Waals surface area contributed by atoms with Gasteiger partial charge in [0.05, 0.1) is 6.61 Å². The van der Waals surface area contributed by atoms with Crippen LogP contribution in [0, 0.1) is 0 Å². The number of alkyl halides is 5. The lowest BCUT2D eigenvalue weighted by atomic mass is 10.2. The highest BCUT2D eigenvalue weighted by Crippen LogP contribution is 2.30. The van der Waals surface area contributed by atoms with Crippen molar-refractivity contribution in [2.24, 2.45) is 0 Å². The molecular formula is C8H6F5NO. The second-order valence-corrected chi connectivity index (χ2v) is 2.74. The molecule has 0 aliphatic carbocycles. The number of hydrogen-bond donors (Lipinski definition) is 1. The quantitative estimate of drug-likeness (QED) is 0.787. The van der Waals surface area contributed by atoms with Crippen LogP contribution in [0.25, 0.3) is 0 Å². The Morgan fingerprint density at radius 1 is 1.27 bits per heavy atom. The van der Waals surface area contributed by atoms with Crippen molar-refractivity contribution < 1.29 is 27.1 Å². The summed E-state index contributed by atoms with van der Waals surface area (Å²) in [6.45, 7) is -0.745. The van der Waals surface area contributed by atoms with Crippen molar-refractivity contribution in [2.45, 2.75) is 19.2 Å². The number of aliphatic hydroxyl groups is 1. The lowest BCUT2D eigenvalue weighted by molar-refractivity contribution is -0.141. The number of aromatic nitrogens is 1. The van der Waals surface area contributed by atoms with Gasteiger partial charge in [-0.2, -0.15) is 13.2 Å². The van der Waals surface area contributed by atoms with Gasteiger partial charge in [-0.15, -0.1) is 0 Å². The molecule has 0 aromatic carbocycles. The predicted octanol–water partition coefficient (Wildman–Crippen LogP) is 2.53. The maximum Gasteiger partial charge on any atom is 0.433 e. The van der Waals surface area contributed by atoms with Gasteiger partial charge in [0.1, 0.15) is 11.4 Å². The smallest absolute Gasteiger partial charge is 0.392 e. The normalized spacial score (nSPS) is 12.2. The summed E-state index contributed by atoms with van der Waals surface area (Å²) in [5, 5.41) is 8.59. The zero-order chi connectivity index (χ0) is 11.6. The van der Waals surface area contributed by atoms with Crippen LogP contribution in [0.15, 0.2) is 12.1 Å². The minimum Gasteiger partial charge on any atom is -0.392 e. The summed E-state index contributed by atoms with van der Waals surface area (Å²) < 4.78 is 60.8. The lowest BCUT2D eigenvalue weighted by Gasteiger charge is -2.09. The largest absolute Gasteiger partial charge is 0.433 e. The van der Waals surface area contributed by atoms with Crippen LogP contribution in [-0.4, -0.2) is 10.1 Å². The molecule has 0 saturated heterocycles. The predicted molar refractivity (Wildman–Crippen MR) is 40.1 cm³/mol. The summed E-state index contributed by atoms with van der Waals surface area (Å²) >= 11 is 0. The highest BCUT2D eigenvalue weighted by Gasteiger charge is 2.33. The highest BCUT2D eigenvalue weighted by molar-refractivity contribution is 5.23. The zero-order valence-corrected chi connectivity index (χ0v) is 7.22. The Morgan fingerprint density at radius 2 is 1.87 bits per heavy atom. The fourth-order valence-electron chi connectivity index (χ4n) is 0.959. The van der Waals surface area contributed by atoms with Crippen LogP contribution in [0.3, 0.4) is 0 Å². The first kappa shape index (κ1) is 11.8. The van der Waals surface area contributed by atoms with Gasteiger partial charge in [-0.05, 0) is 17.7 Å². The summed E-state index contributed by atoms with van der Waals surface area (Å²) in [7, 11) is 0. The molecule has 0 spiro atoms. The van der Waals surface area contributed by atoms with Crippen molar-refractivity contribution in [2.75, 3.05) is 0 Å². The average molecular weight is 227 g/mol. The first-order chi connectivity index (χ1) is 6.84. The molecule has 0 saturated carbocycles. The van der Waals surface area contributed by atoms with Gasteiger partial charge >= 0.3 is 6.18 Å². The number of pyridine rings is 1. The van der Waals surface area contributed by atoms with Gasteiger partial charge in [0, 0.05) is 0 Å². The van der Waals surface area contributed by atoms with E-state index in [9.17, 15) is 22.0 Å². The third-order valence-electron chi connectivity index (χ3n) is 1.60. The topological polar surface area (TPSA) is 33.1 Å². The first-order valence-corrected chi connectivity index (χ1v) is 3.81. The Labute approximate surface area is 81.4 Å². The minimum absolute atomic E-state index is 0.243. The van der Waals surface area contributed by atoms with Crippen LogP contribution < -0.4 is 0 Å². The molecule has 0 atom stereocenters. The molecule has 0 amide bonds.